The first-order valence-electron chi connectivity index (χ1n) is 21.6. The zero-order chi connectivity index (χ0) is 41.2. The van der Waals surface area contributed by atoms with E-state index in [0.717, 1.165) is 78.3 Å². The lowest BCUT2D eigenvalue weighted by Gasteiger charge is -2.45. The van der Waals surface area contributed by atoms with E-state index >= 15 is 0 Å². The monoisotopic (exact) mass is 804 g/mol. The summed E-state index contributed by atoms with van der Waals surface area (Å²) in [6, 6.07) is 79.0. The molecule has 4 nitrogen and oxygen atoms in total. The Balaban J connectivity index is 1.05. The molecule has 0 radical (unpaired) electrons. The number of benzene rings is 10. The number of hydrogen-bond acceptors (Lipinski definition) is 3. The van der Waals surface area contributed by atoms with Gasteiger partial charge in [0, 0.05) is 44.3 Å². The highest BCUT2D eigenvalue weighted by atomic mass is 16.5. The smallest absolute Gasteiger partial charge is 0.137 e. The highest BCUT2D eigenvalue weighted by Crippen LogP contribution is 2.62. The van der Waals surface area contributed by atoms with Crippen LogP contribution in [-0.2, 0) is 5.41 Å². The first-order chi connectivity index (χ1) is 31.3. The van der Waals surface area contributed by atoms with Crippen LogP contribution in [0.1, 0.15) is 22.3 Å². The van der Waals surface area contributed by atoms with Crippen molar-refractivity contribution in [1.29, 1.82) is 0 Å². The van der Waals surface area contributed by atoms with Gasteiger partial charge in [0.25, 0.3) is 0 Å². The molecule has 1 unspecified atom stereocenters. The van der Waals surface area contributed by atoms with Gasteiger partial charge in [-0.25, -0.2) is 0 Å². The van der Waals surface area contributed by atoms with Crippen LogP contribution in [0, 0.1) is 0 Å². The van der Waals surface area contributed by atoms with Gasteiger partial charge >= 0.3 is 0 Å². The van der Waals surface area contributed by atoms with E-state index in [-0.39, 0.29) is 0 Å². The fourth-order valence-corrected chi connectivity index (χ4v) is 11.1. The largest absolute Gasteiger partial charge is 0.457 e. The summed E-state index contributed by atoms with van der Waals surface area (Å²) in [7, 11) is 0. The van der Waals surface area contributed by atoms with Crippen LogP contribution in [0.3, 0.4) is 0 Å². The highest BCUT2D eigenvalue weighted by molar-refractivity contribution is 6.15. The topological polar surface area (TPSA) is 30.5 Å². The van der Waals surface area contributed by atoms with Crippen LogP contribution in [-0.4, -0.2) is 4.57 Å². The van der Waals surface area contributed by atoms with Gasteiger partial charge in [0.2, 0.25) is 0 Å². The Bertz CT molecular complexity index is 3850. The van der Waals surface area contributed by atoms with Gasteiger partial charge in [0.15, 0.2) is 0 Å². The van der Waals surface area contributed by atoms with Gasteiger partial charge in [-0.15, -0.1) is 0 Å². The van der Waals surface area contributed by atoms with Gasteiger partial charge in [0.1, 0.15) is 22.7 Å². The molecule has 1 aliphatic carbocycles. The quantitative estimate of drug-likeness (QED) is 0.178. The normalized spacial score (nSPS) is 14.9. The third-order valence-electron chi connectivity index (χ3n) is 13.6. The second kappa shape index (κ2) is 12.8. The zero-order valence-corrected chi connectivity index (χ0v) is 34.0. The van der Waals surface area contributed by atoms with E-state index in [4.69, 9.17) is 9.15 Å². The maximum absolute atomic E-state index is 6.94. The molecule has 1 spiro atoms. The number of hydrogen-bond donors (Lipinski definition) is 0. The fourth-order valence-electron chi connectivity index (χ4n) is 11.1. The number of aromatic nitrogens is 1. The van der Waals surface area contributed by atoms with E-state index in [1.807, 2.05) is 6.07 Å². The molecule has 14 rings (SSSR count). The van der Waals surface area contributed by atoms with Gasteiger partial charge in [0.05, 0.1) is 27.5 Å². The van der Waals surface area contributed by atoms with Crippen LogP contribution in [0.4, 0.5) is 17.1 Å². The standard InChI is InChI=1S/C59H36N2O2/c1-2-17-38(18-3-1)60(40-31-33-43-42-20-5-9-26-50(42)61(52(43)36-40)51-27-14-30-56-58(51)45-21-6-10-28-53(45)62-56)39-32-34-55-49(35-39)59(47-24-8-11-29-54(47)63-55)46-23-7-4-19-41(46)44-22-12-15-37-16-13-25-48(59)57(37)44/h1-36H. The van der Waals surface area contributed by atoms with E-state index in [0.29, 0.717) is 0 Å². The van der Waals surface area contributed by atoms with Crippen LogP contribution in [0.15, 0.2) is 223 Å². The zero-order valence-electron chi connectivity index (χ0n) is 34.0. The first kappa shape index (κ1) is 34.4. The van der Waals surface area contributed by atoms with Crippen molar-refractivity contribution < 1.29 is 9.15 Å². The Morgan fingerprint density at radius 1 is 0.381 bits per heavy atom. The Hall–Kier alpha value is -8.34. The van der Waals surface area contributed by atoms with Crippen molar-refractivity contribution in [3.63, 3.8) is 0 Å². The maximum Gasteiger partial charge on any atom is 0.137 e. The van der Waals surface area contributed by atoms with Crippen molar-refractivity contribution in [3.8, 4) is 28.3 Å². The second-order valence-electron chi connectivity index (χ2n) is 16.8. The third-order valence-corrected chi connectivity index (χ3v) is 13.6. The molecule has 2 aromatic heterocycles. The SMILES string of the molecule is c1ccc(N(c2ccc3c(c2)C2(c4ccccc4O3)c3ccccc3-c3cccc4cccc2c34)c2ccc3c4ccccc4n(-c4cccc5oc6ccccc6c45)c3c2)cc1. The van der Waals surface area contributed by atoms with Crippen LogP contribution >= 0.6 is 0 Å². The summed E-state index contributed by atoms with van der Waals surface area (Å²) < 4.78 is 15.8. The summed E-state index contributed by atoms with van der Waals surface area (Å²) in [4.78, 5) is 2.40. The van der Waals surface area contributed by atoms with Gasteiger partial charge in [-0.1, -0.05) is 146 Å². The molecule has 0 N–H and O–H groups in total. The summed E-state index contributed by atoms with van der Waals surface area (Å²) in [6.45, 7) is 0. The molecule has 1 aliphatic heterocycles. The first-order valence-corrected chi connectivity index (χ1v) is 21.6. The molecule has 0 saturated carbocycles. The molecule has 2 aliphatic rings. The molecule has 1 atom stereocenters. The minimum Gasteiger partial charge on any atom is -0.457 e. The van der Waals surface area contributed by atoms with Gasteiger partial charge in [-0.2, -0.15) is 0 Å². The van der Waals surface area contributed by atoms with Crippen molar-refractivity contribution in [1.82, 2.24) is 4.57 Å². The van der Waals surface area contributed by atoms with Crippen molar-refractivity contribution in [2.75, 3.05) is 4.90 Å². The van der Waals surface area contributed by atoms with Crippen molar-refractivity contribution >= 4 is 71.6 Å². The molecular formula is C59H36N2O2. The van der Waals surface area contributed by atoms with Crippen LogP contribution in [0.25, 0.3) is 71.3 Å². The lowest BCUT2D eigenvalue weighted by Crippen LogP contribution is -2.36. The molecule has 294 valence electrons. The average molecular weight is 805 g/mol. The predicted molar refractivity (Wildman–Crippen MR) is 258 cm³/mol. The Morgan fingerprint density at radius 2 is 1.03 bits per heavy atom. The number of fused-ring (bicyclic) bond motifs is 14. The summed E-state index contributed by atoms with van der Waals surface area (Å²) in [5, 5.41) is 7.11. The third kappa shape index (κ3) is 4.64. The van der Waals surface area contributed by atoms with E-state index in [2.05, 4.69) is 222 Å². The number of para-hydroxylation sites is 4. The highest BCUT2D eigenvalue weighted by Gasteiger charge is 2.49. The molecule has 0 fully saturated rings. The molecule has 0 bridgehead atoms. The number of anilines is 3. The molecule has 0 amide bonds. The predicted octanol–water partition coefficient (Wildman–Crippen LogP) is 15.8. The fraction of sp³-hybridized carbons (Fsp3) is 0.0169. The van der Waals surface area contributed by atoms with Crippen molar-refractivity contribution in [2.24, 2.45) is 0 Å². The second-order valence-corrected chi connectivity index (χ2v) is 16.8. The van der Waals surface area contributed by atoms with E-state index < -0.39 is 5.41 Å². The summed E-state index contributed by atoms with van der Waals surface area (Å²) in [6.07, 6.45) is 0. The molecule has 4 heteroatoms. The summed E-state index contributed by atoms with van der Waals surface area (Å²) in [5.74, 6) is 1.73. The molecular weight excluding hydrogens is 769 g/mol. The van der Waals surface area contributed by atoms with Gasteiger partial charge in [-0.3, -0.25) is 0 Å². The Morgan fingerprint density at radius 3 is 1.95 bits per heavy atom. The number of ether oxygens (including phenoxy) is 1. The lowest BCUT2D eigenvalue weighted by atomic mass is 9.58. The minimum atomic E-state index is -0.657. The van der Waals surface area contributed by atoms with Gasteiger partial charge < -0.3 is 18.6 Å². The van der Waals surface area contributed by atoms with Crippen LogP contribution < -0.4 is 9.64 Å². The minimum absolute atomic E-state index is 0.657. The van der Waals surface area contributed by atoms with Crippen molar-refractivity contribution in [3.05, 3.63) is 241 Å². The van der Waals surface area contributed by atoms with E-state index in [1.54, 1.807) is 0 Å². The van der Waals surface area contributed by atoms with Crippen molar-refractivity contribution in [2.45, 2.75) is 5.41 Å². The van der Waals surface area contributed by atoms with E-state index in [1.165, 1.54) is 43.8 Å². The number of rotatable bonds is 4. The summed E-state index contributed by atoms with van der Waals surface area (Å²) in [5.41, 5.74) is 14.9. The maximum atomic E-state index is 6.94. The van der Waals surface area contributed by atoms with Gasteiger partial charge in [-0.05, 0) is 106 Å². The molecule has 12 aromatic rings. The van der Waals surface area contributed by atoms with Crippen LogP contribution in [0.2, 0.25) is 0 Å². The molecule has 0 saturated heterocycles. The van der Waals surface area contributed by atoms with E-state index in [9.17, 15) is 0 Å². The summed E-state index contributed by atoms with van der Waals surface area (Å²) >= 11 is 0. The Kier molecular flexibility index (Phi) is 7.01. The van der Waals surface area contributed by atoms with Crippen LogP contribution in [0.5, 0.6) is 11.5 Å². The number of furan rings is 1. The molecule has 63 heavy (non-hydrogen) atoms. The average Bonchev–Trinajstić information content (AvgIpc) is 3.89. The molecule has 10 aromatic carbocycles. The Labute approximate surface area is 363 Å². The molecule has 3 heterocycles. The lowest BCUT2D eigenvalue weighted by molar-refractivity contribution is 0.435. The number of nitrogens with zero attached hydrogens (tertiary/aromatic N) is 2.